The summed E-state index contributed by atoms with van der Waals surface area (Å²) in [4.78, 5) is 0. The number of allylic oxidation sites excluding steroid dienone is 4. The standard InChI is InChI=1S/C6H7.Mn/c1-6-4-2-3-5-6;/h2,4H,3H2,1H3;/q-1;. The van der Waals surface area contributed by atoms with E-state index in [1.165, 1.54) is 5.57 Å². The van der Waals surface area contributed by atoms with Crippen LogP contribution in [0.1, 0.15) is 13.3 Å². The van der Waals surface area contributed by atoms with E-state index in [0.717, 1.165) is 6.42 Å². The second-order valence-corrected chi connectivity index (χ2v) is 1.47. The van der Waals surface area contributed by atoms with Crippen LogP contribution in [-0.4, -0.2) is 0 Å². The zero-order valence-corrected chi connectivity index (χ0v) is 5.42. The van der Waals surface area contributed by atoms with Gasteiger partial charge in [0.05, 0.1) is 0 Å². The Morgan fingerprint density at radius 3 is 2.57 bits per heavy atom. The van der Waals surface area contributed by atoms with Crippen LogP contribution in [0.5, 0.6) is 0 Å². The van der Waals surface area contributed by atoms with Gasteiger partial charge in [0.2, 0.25) is 0 Å². The van der Waals surface area contributed by atoms with E-state index in [1.807, 2.05) is 0 Å². The van der Waals surface area contributed by atoms with Gasteiger partial charge in [-0.15, -0.1) is 6.42 Å². The van der Waals surface area contributed by atoms with Gasteiger partial charge in [0.15, 0.2) is 0 Å². The molecule has 0 saturated heterocycles. The zero-order valence-electron chi connectivity index (χ0n) is 4.24. The van der Waals surface area contributed by atoms with Crippen LogP contribution in [0.25, 0.3) is 0 Å². The second-order valence-electron chi connectivity index (χ2n) is 1.47. The van der Waals surface area contributed by atoms with Gasteiger partial charge >= 0.3 is 0 Å². The van der Waals surface area contributed by atoms with E-state index in [4.69, 9.17) is 0 Å². The van der Waals surface area contributed by atoms with Crippen molar-refractivity contribution in [1.29, 1.82) is 0 Å². The molecule has 1 heteroatoms. The van der Waals surface area contributed by atoms with Gasteiger partial charge in [-0.1, -0.05) is 6.92 Å². The van der Waals surface area contributed by atoms with E-state index in [2.05, 4.69) is 25.2 Å². The fourth-order valence-electron chi connectivity index (χ4n) is 0.515. The zero-order chi connectivity index (χ0) is 4.41. The molecule has 0 fully saturated rings. The largest absolute Gasteiger partial charge is 0.270 e. The molecule has 39 valence electrons. The molecule has 0 aromatic heterocycles. The molecule has 1 rings (SSSR count). The molecule has 0 heterocycles. The van der Waals surface area contributed by atoms with Crippen LogP contribution >= 0.6 is 0 Å². The van der Waals surface area contributed by atoms with Crippen molar-refractivity contribution in [3.63, 3.8) is 0 Å². The van der Waals surface area contributed by atoms with Crippen molar-refractivity contribution < 1.29 is 17.1 Å². The van der Waals surface area contributed by atoms with Crippen LogP contribution in [0.3, 0.4) is 0 Å². The first-order chi connectivity index (χ1) is 2.89. The van der Waals surface area contributed by atoms with Crippen molar-refractivity contribution in [3.05, 3.63) is 23.8 Å². The summed E-state index contributed by atoms with van der Waals surface area (Å²) in [5, 5.41) is 0. The third-order valence-electron chi connectivity index (χ3n) is 0.867. The Morgan fingerprint density at radius 2 is 2.43 bits per heavy atom. The van der Waals surface area contributed by atoms with Gasteiger partial charge in [0.1, 0.15) is 0 Å². The topological polar surface area (TPSA) is 0 Å². The molecule has 0 nitrogen and oxygen atoms in total. The Bertz CT molecular complexity index is 98.0. The summed E-state index contributed by atoms with van der Waals surface area (Å²) < 4.78 is 0. The molecular weight excluding hydrogens is 127 g/mol. The van der Waals surface area contributed by atoms with Crippen LogP contribution in [0.2, 0.25) is 0 Å². The SMILES string of the molecule is CC1=[C-]CC=C1.[Mn]. The molecule has 0 N–H and O–H groups in total. The quantitative estimate of drug-likeness (QED) is 0.349. The molecule has 0 bridgehead atoms. The molecule has 0 atom stereocenters. The van der Waals surface area contributed by atoms with Crippen LogP contribution in [0.4, 0.5) is 0 Å². The summed E-state index contributed by atoms with van der Waals surface area (Å²) in [6, 6.07) is 0. The molecule has 0 aromatic carbocycles. The maximum atomic E-state index is 3.12. The van der Waals surface area contributed by atoms with E-state index >= 15 is 0 Å². The summed E-state index contributed by atoms with van der Waals surface area (Å²) in [5.41, 5.74) is 1.27. The number of hydrogen-bond acceptors (Lipinski definition) is 0. The Labute approximate surface area is 54.8 Å². The Morgan fingerprint density at radius 1 is 1.71 bits per heavy atom. The van der Waals surface area contributed by atoms with Crippen LogP contribution in [0.15, 0.2) is 17.7 Å². The molecule has 0 amide bonds. The molecule has 0 unspecified atom stereocenters. The fraction of sp³-hybridized carbons (Fsp3) is 0.333. The number of hydrogen-bond donors (Lipinski definition) is 0. The van der Waals surface area contributed by atoms with E-state index in [1.54, 1.807) is 0 Å². The summed E-state index contributed by atoms with van der Waals surface area (Å²) >= 11 is 0. The third kappa shape index (κ3) is 1.96. The molecule has 1 aliphatic rings. The minimum Gasteiger partial charge on any atom is -0.270 e. The first kappa shape index (κ1) is 7.00. The average Bonchev–Trinajstić information content (AvgIpc) is 1.86. The Balaban J connectivity index is 0.000000360. The first-order valence-corrected chi connectivity index (χ1v) is 2.13. The average molecular weight is 134 g/mol. The minimum absolute atomic E-state index is 0. The predicted octanol–water partition coefficient (Wildman–Crippen LogP) is 1.69. The maximum Gasteiger partial charge on any atom is 0 e. The molecular formula is C6H7Mn-. The Hall–Kier alpha value is -0.000519. The molecule has 7 heavy (non-hydrogen) atoms. The van der Waals surface area contributed by atoms with E-state index < -0.39 is 0 Å². The van der Waals surface area contributed by atoms with Crippen molar-refractivity contribution in [2.24, 2.45) is 0 Å². The van der Waals surface area contributed by atoms with Gasteiger partial charge < -0.3 is 0 Å². The maximum absolute atomic E-state index is 3.12. The van der Waals surface area contributed by atoms with Crippen molar-refractivity contribution in [1.82, 2.24) is 0 Å². The summed E-state index contributed by atoms with van der Waals surface area (Å²) in [7, 11) is 0. The summed E-state index contributed by atoms with van der Waals surface area (Å²) in [6.07, 6.45) is 8.33. The molecule has 0 saturated carbocycles. The second kappa shape index (κ2) is 3.06. The molecule has 0 aromatic rings. The van der Waals surface area contributed by atoms with Gasteiger partial charge in [0.25, 0.3) is 0 Å². The van der Waals surface area contributed by atoms with Crippen molar-refractivity contribution in [2.45, 2.75) is 13.3 Å². The van der Waals surface area contributed by atoms with Crippen LogP contribution < -0.4 is 0 Å². The predicted molar refractivity (Wildman–Crippen MR) is 26.2 cm³/mol. The van der Waals surface area contributed by atoms with E-state index in [0.29, 0.717) is 0 Å². The normalized spacial score (nSPS) is 15.9. The third-order valence-corrected chi connectivity index (χ3v) is 0.867. The smallest absolute Gasteiger partial charge is 0 e. The van der Waals surface area contributed by atoms with E-state index in [9.17, 15) is 0 Å². The first-order valence-electron chi connectivity index (χ1n) is 2.13. The van der Waals surface area contributed by atoms with E-state index in [-0.39, 0.29) is 17.1 Å². The molecule has 1 radical (unpaired) electrons. The van der Waals surface area contributed by atoms with Gasteiger partial charge in [0, 0.05) is 17.1 Å². The monoisotopic (exact) mass is 134 g/mol. The van der Waals surface area contributed by atoms with Crippen molar-refractivity contribution in [2.75, 3.05) is 0 Å². The Kier molecular flexibility index (Phi) is 3.06. The minimum atomic E-state index is 0. The van der Waals surface area contributed by atoms with Crippen LogP contribution in [-0.2, 0) is 17.1 Å². The van der Waals surface area contributed by atoms with Crippen molar-refractivity contribution >= 4 is 0 Å². The molecule has 0 aliphatic heterocycles. The van der Waals surface area contributed by atoms with Crippen molar-refractivity contribution in [3.8, 4) is 0 Å². The van der Waals surface area contributed by atoms with Gasteiger partial charge in [-0.05, 0) is 0 Å². The molecule has 1 aliphatic carbocycles. The number of rotatable bonds is 0. The fourth-order valence-corrected chi connectivity index (χ4v) is 0.515. The van der Waals surface area contributed by atoms with Gasteiger partial charge in [-0.2, -0.15) is 6.08 Å². The van der Waals surface area contributed by atoms with Crippen LogP contribution in [0, 0.1) is 6.08 Å². The molecule has 0 spiro atoms. The summed E-state index contributed by atoms with van der Waals surface area (Å²) in [6.45, 7) is 2.06. The summed E-state index contributed by atoms with van der Waals surface area (Å²) in [5.74, 6) is 0. The van der Waals surface area contributed by atoms with Gasteiger partial charge in [-0.25, -0.2) is 11.6 Å². The van der Waals surface area contributed by atoms with Gasteiger partial charge in [-0.3, -0.25) is 6.08 Å².